The number of ether oxygens (including phenoxy) is 2. The molecule has 3 rings (SSSR count). The second-order valence-electron chi connectivity index (χ2n) is 7.75. The van der Waals surface area contributed by atoms with E-state index in [1.165, 1.54) is 39.0 Å². The first-order chi connectivity index (χ1) is 13.9. The lowest BCUT2D eigenvalue weighted by Crippen LogP contribution is -2.36. The summed E-state index contributed by atoms with van der Waals surface area (Å²) in [6, 6.07) is 0. The average Bonchev–Trinajstić information content (AvgIpc) is 2.96. The molecule has 10 heteroatoms. The molecule has 1 saturated heterocycles. The lowest BCUT2D eigenvalue weighted by atomic mass is 9.86. The van der Waals surface area contributed by atoms with Crippen molar-refractivity contribution < 1.29 is 28.9 Å². The van der Waals surface area contributed by atoms with Crippen LogP contribution >= 0.6 is 0 Å². The zero-order valence-corrected chi connectivity index (χ0v) is 16.4. The van der Waals surface area contributed by atoms with Crippen LogP contribution in [-0.4, -0.2) is 50.8 Å². The van der Waals surface area contributed by atoms with Crippen LogP contribution in [0.1, 0.15) is 58.1 Å². The highest BCUT2D eigenvalue weighted by atomic mass is 19.1. The molecule has 1 aliphatic heterocycles. The molecule has 2 aliphatic rings. The van der Waals surface area contributed by atoms with E-state index in [1.807, 2.05) is 0 Å². The summed E-state index contributed by atoms with van der Waals surface area (Å²) >= 11 is 0. The number of carbonyl (C=O) groups is 1. The average molecular weight is 413 g/mol. The Morgan fingerprint density at radius 2 is 2.07 bits per heavy atom. The number of anilines is 1. The van der Waals surface area contributed by atoms with Gasteiger partial charge in [0.1, 0.15) is 12.2 Å². The normalized spacial score (nSPS) is 27.7. The number of aliphatic hydroxyl groups is 2. The van der Waals surface area contributed by atoms with E-state index in [1.54, 1.807) is 0 Å². The zero-order valence-electron chi connectivity index (χ0n) is 16.4. The molecule has 9 nitrogen and oxygen atoms in total. The van der Waals surface area contributed by atoms with Crippen molar-refractivity contribution in [3.05, 3.63) is 22.5 Å². The van der Waals surface area contributed by atoms with Crippen molar-refractivity contribution in [1.82, 2.24) is 9.55 Å². The molecule has 162 valence electrons. The molecule has 3 N–H and O–H groups in total. The number of nitrogens with one attached hydrogen (secondary N) is 1. The van der Waals surface area contributed by atoms with Gasteiger partial charge in [0.15, 0.2) is 17.9 Å². The molecule has 1 saturated carbocycles. The summed E-state index contributed by atoms with van der Waals surface area (Å²) < 4.78 is 25.4. The predicted octanol–water partition coefficient (Wildman–Crippen LogP) is 1.93. The van der Waals surface area contributed by atoms with E-state index in [2.05, 4.69) is 10.3 Å². The van der Waals surface area contributed by atoms with E-state index in [0.29, 0.717) is 5.92 Å². The van der Waals surface area contributed by atoms with Gasteiger partial charge >= 0.3 is 11.8 Å². The van der Waals surface area contributed by atoms with Crippen molar-refractivity contribution in [3.8, 4) is 0 Å². The maximum atomic E-state index is 14.3. The lowest BCUT2D eigenvalue weighted by molar-refractivity contribution is -0.0355. The van der Waals surface area contributed by atoms with Crippen molar-refractivity contribution in [2.45, 2.75) is 76.4 Å². The molecule has 2 heterocycles. The lowest BCUT2D eigenvalue weighted by Gasteiger charge is -2.21. The number of nitrogens with zero attached hydrogens (tertiary/aromatic N) is 2. The Labute approximate surface area is 167 Å². The third-order valence-electron chi connectivity index (χ3n) is 5.59. The van der Waals surface area contributed by atoms with E-state index in [0.717, 1.165) is 23.6 Å². The van der Waals surface area contributed by atoms with Gasteiger partial charge in [0.25, 0.3) is 0 Å². The van der Waals surface area contributed by atoms with E-state index < -0.39 is 48.0 Å². The molecule has 0 bridgehead atoms. The molecular weight excluding hydrogens is 385 g/mol. The van der Waals surface area contributed by atoms with Gasteiger partial charge in [-0.3, -0.25) is 9.88 Å². The topological polar surface area (TPSA) is 123 Å². The van der Waals surface area contributed by atoms with E-state index in [9.17, 15) is 24.2 Å². The highest BCUT2D eigenvalue weighted by molar-refractivity contribution is 5.83. The van der Waals surface area contributed by atoms with E-state index in [4.69, 9.17) is 9.47 Å². The van der Waals surface area contributed by atoms with Crippen molar-refractivity contribution in [2.24, 2.45) is 5.92 Å². The van der Waals surface area contributed by atoms with Gasteiger partial charge in [-0.05, 0) is 25.7 Å². The highest BCUT2D eigenvalue weighted by Crippen LogP contribution is 2.29. The summed E-state index contributed by atoms with van der Waals surface area (Å²) in [7, 11) is 0. The maximum absolute atomic E-state index is 14.3. The summed E-state index contributed by atoms with van der Waals surface area (Å²) in [6.07, 6.45) is 3.21. The smallest absolute Gasteiger partial charge is 0.412 e. The summed E-state index contributed by atoms with van der Waals surface area (Å²) in [5.74, 6) is -0.880. The molecule has 4 atom stereocenters. The van der Waals surface area contributed by atoms with Gasteiger partial charge in [-0.15, -0.1) is 0 Å². The van der Waals surface area contributed by atoms with Crippen LogP contribution in [0.3, 0.4) is 0 Å². The molecule has 2 unspecified atom stereocenters. The third kappa shape index (κ3) is 5.31. The molecule has 29 heavy (non-hydrogen) atoms. The van der Waals surface area contributed by atoms with Crippen molar-refractivity contribution >= 4 is 11.9 Å². The predicted molar refractivity (Wildman–Crippen MR) is 101 cm³/mol. The largest absolute Gasteiger partial charge is 0.449 e. The van der Waals surface area contributed by atoms with Gasteiger partial charge in [-0.25, -0.2) is 14.0 Å². The standard InChI is InChI=1S/C19H28FN3O6/c1-11-14(24)15(25)17(29-11)23-10-13(20)16(21-18(23)26)22-19(27)28-9-5-8-12-6-3-2-4-7-12/h10-12,14-15,17,24-25H,2-9H2,1H3,(H,21,22,26,27)/t11-,14?,15?,17-/m1/s1. The molecule has 1 aliphatic carbocycles. The Balaban J connectivity index is 1.52. The molecule has 1 amide bonds. The van der Waals surface area contributed by atoms with Crippen LogP contribution in [0, 0.1) is 11.7 Å². The fraction of sp³-hybridized carbons (Fsp3) is 0.737. The number of halogens is 1. The maximum Gasteiger partial charge on any atom is 0.412 e. The molecule has 0 radical (unpaired) electrons. The minimum absolute atomic E-state index is 0.207. The number of rotatable bonds is 6. The quantitative estimate of drug-likeness (QED) is 0.609. The summed E-state index contributed by atoms with van der Waals surface area (Å²) in [4.78, 5) is 27.5. The molecule has 2 fully saturated rings. The van der Waals surface area contributed by atoms with Crippen LogP contribution in [-0.2, 0) is 9.47 Å². The van der Waals surface area contributed by atoms with Gasteiger partial charge in [0.05, 0.1) is 18.9 Å². The third-order valence-corrected chi connectivity index (χ3v) is 5.59. The van der Waals surface area contributed by atoms with Crippen LogP contribution < -0.4 is 11.0 Å². The Bertz CT molecular complexity index is 767. The summed E-state index contributed by atoms with van der Waals surface area (Å²) in [5.41, 5.74) is -0.940. The van der Waals surface area contributed by atoms with Crippen LogP contribution in [0.25, 0.3) is 0 Å². The number of hydrogen-bond donors (Lipinski definition) is 3. The van der Waals surface area contributed by atoms with Crippen LogP contribution in [0.4, 0.5) is 15.0 Å². The van der Waals surface area contributed by atoms with Crippen LogP contribution in [0.2, 0.25) is 0 Å². The second-order valence-corrected chi connectivity index (χ2v) is 7.75. The first-order valence-corrected chi connectivity index (χ1v) is 10.1. The molecule has 0 spiro atoms. The Hall–Kier alpha value is -2.04. The van der Waals surface area contributed by atoms with E-state index in [-0.39, 0.29) is 6.61 Å². The Morgan fingerprint density at radius 1 is 1.34 bits per heavy atom. The second kappa shape index (κ2) is 9.64. The molecule has 0 aromatic carbocycles. The molecule has 1 aromatic rings. The van der Waals surface area contributed by atoms with E-state index >= 15 is 0 Å². The summed E-state index contributed by atoms with van der Waals surface area (Å²) in [5, 5.41) is 21.8. The number of aromatic nitrogens is 2. The highest BCUT2D eigenvalue weighted by Gasteiger charge is 2.42. The van der Waals surface area contributed by atoms with Gasteiger partial charge in [-0.1, -0.05) is 32.1 Å². The number of carbonyl (C=O) groups excluding carboxylic acids is 1. The zero-order chi connectivity index (χ0) is 21.0. The first kappa shape index (κ1) is 21.7. The fourth-order valence-electron chi connectivity index (χ4n) is 3.92. The van der Waals surface area contributed by atoms with Crippen molar-refractivity contribution in [1.29, 1.82) is 0 Å². The number of amides is 1. The van der Waals surface area contributed by atoms with Gasteiger partial charge < -0.3 is 19.7 Å². The minimum Gasteiger partial charge on any atom is -0.449 e. The Kier molecular flexibility index (Phi) is 7.20. The molecule has 1 aromatic heterocycles. The van der Waals surface area contributed by atoms with Crippen molar-refractivity contribution in [2.75, 3.05) is 11.9 Å². The Morgan fingerprint density at radius 3 is 2.72 bits per heavy atom. The monoisotopic (exact) mass is 413 g/mol. The number of aliphatic hydroxyl groups excluding tert-OH is 2. The first-order valence-electron chi connectivity index (χ1n) is 10.1. The van der Waals surface area contributed by atoms with Crippen LogP contribution in [0.15, 0.2) is 11.0 Å². The fourth-order valence-corrected chi connectivity index (χ4v) is 3.92. The molecular formula is C19H28FN3O6. The van der Waals surface area contributed by atoms with Gasteiger partial charge in [0.2, 0.25) is 0 Å². The van der Waals surface area contributed by atoms with Crippen LogP contribution in [0.5, 0.6) is 0 Å². The number of hydrogen-bond acceptors (Lipinski definition) is 7. The summed E-state index contributed by atoms with van der Waals surface area (Å²) in [6.45, 7) is 1.72. The van der Waals surface area contributed by atoms with Crippen molar-refractivity contribution in [3.63, 3.8) is 0 Å². The minimum atomic E-state index is -1.41. The SMILES string of the molecule is C[C@H]1O[C@@H](n2cc(F)c(NC(=O)OCCCC3CCCCC3)nc2=O)C(O)C1O. The van der Waals surface area contributed by atoms with Gasteiger partial charge in [0, 0.05) is 0 Å². The van der Waals surface area contributed by atoms with Gasteiger partial charge in [-0.2, -0.15) is 4.98 Å².